The molecule has 156 valence electrons. The minimum Gasteiger partial charge on any atom is -0.454 e. The van der Waals surface area contributed by atoms with Crippen LogP contribution in [0, 0.1) is 0 Å². The molecular formula is C18H12F6O5. The average Bonchev–Trinajstić information content (AvgIpc) is 3.35. The molecule has 29 heavy (non-hydrogen) atoms. The van der Waals surface area contributed by atoms with Gasteiger partial charge in [0, 0.05) is 11.1 Å². The first kappa shape index (κ1) is 19.5. The second-order valence-electron chi connectivity index (χ2n) is 6.15. The number of halogens is 6. The molecular weight excluding hydrogens is 410 g/mol. The highest BCUT2D eigenvalue weighted by Gasteiger charge is 2.51. The second-order valence-corrected chi connectivity index (χ2v) is 6.15. The highest BCUT2D eigenvalue weighted by atomic mass is 19.3. The minimum atomic E-state index is -4.43. The highest BCUT2D eigenvalue weighted by molar-refractivity contribution is 5.46. The molecule has 2 aromatic carbocycles. The van der Waals surface area contributed by atoms with Crippen molar-refractivity contribution in [2.75, 3.05) is 13.6 Å². The van der Waals surface area contributed by atoms with Crippen LogP contribution >= 0.6 is 0 Å². The molecule has 0 unspecified atom stereocenters. The molecule has 5 nitrogen and oxygen atoms in total. The van der Waals surface area contributed by atoms with Gasteiger partial charge in [-0.15, -0.1) is 0 Å². The summed E-state index contributed by atoms with van der Waals surface area (Å²) in [4.78, 5) is 0. The molecule has 2 heterocycles. The topological polar surface area (TPSA) is 46.2 Å². The Morgan fingerprint density at radius 2 is 1.03 bits per heavy atom. The number of ether oxygens (including phenoxy) is 5. The Morgan fingerprint density at radius 3 is 1.45 bits per heavy atom. The Balaban J connectivity index is 1.51. The maximum atomic E-state index is 14.3. The van der Waals surface area contributed by atoms with Crippen LogP contribution in [0.5, 0.6) is 23.0 Å². The summed E-state index contributed by atoms with van der Waals surface area (Å²) in [6, 6.07) is 5.31. The molecule has 0 saturated heterocycles. The van der Waals surface area contributed by atoms with E-state index in [0.29, 0.717) is 0 Å². The molecule has 0 aliphatic carbocycles. The third kappa shape index (κ3) is 3.39. The zero-order valence-electron chi connectivity index (χ0n) is 14.3. The number of rotatable bonds is 6. The second kappa shape index (κ2) is 6.90. The SMILES string of the molecule is F[C@H](O[C@H](F)C(F)(F)c1ccc2c(c1)OCO2)C(F)(F)c1ccc2c(c1)OCO2. The number of fused-ring (bicyclic) bond motifs is 2. The summed E-state index contributed by atoms with van der Waals surface area (Å²) >= 11 is 0. The van der Waals surface area contributed by atoms with E-state index in [1.807, 2.05) is 0 Å². The van der Waals surface area contributed by atoms with E-state index in [1.165, 1.54) is 0 Å². The van der Waals surface area contributed by atoms with E-state index in [0.717, 1.165) is 36.4 Å². The van der Waals surface area contributed by atoms with E-state index >= 15 is 0 Å². The van der Waals surface area contributed by atoms with Gasteiger partial charge in [0.05, 0.1) is 0 Å². The van der Waals surface area contributed by atoms with Crippen molar-refractivity contribution in [1.29, 1.82) is 0 Å². The lowest BCUT2D eigenvalue weighted by molar-refractivity contribution is -0.295. The van der Waals surface area contributed by atoms with E-state index < -0.39 is 35.7 Å². The van der Waals surface area contributed by atoms with Gasteiger partial charge in [0.25, 0.3) is 12.7 Å². The number of benzene rings is 2. The predicted octanol–water partition coefficient (Wildman–Crippen LogP) is 4.64. The van der Waals surface area contributed by atoms with E-state index in [9.17, 15) is 26.3 Å². The summed E-state index contributed by atoms with van der Waals surface area (Å²) in [7, 11) is 0. The average molecular weight is 422 g/mol. The fourth-order valence-electron chi connectivity index (χ4n) is 2.75. The van der Waals surface area contributed by atoms with Crippen molar-refractivity contribution < 1.29 is 50.0 Å². The standard InChI is InChI=1S/C18H12F6O5/c19-15(17(21,22)9-1-3-11-13(5-9)27-7-25-11)29-16(20)18(23,24)10-2-4-12-14(6-10)28-8-26-12/h1-6,15-16H,7-8H2/t15-,16+. The van der Waals surface area contributed by atoms with Gasteiger partial charge in [-0.1, -0.05) is 0 Å². The quantitative estimate of drug-likeness (QED) is 0.635. The number of alkyl halides is 6. The van der Waals surface area contributed by atoms with Gasteiger partial charge in [0.1, 0.15) is 0 Å². The first-order valence-electron chi connectivity index (χ1n) is 8.19. The molecule has 0 spiro atoms. The van der Waals surface area contributed by atoms with Crippen LogP contribution in [0.2, 0.25) is 0 Å². The summed E-state index contributed by atoms with van der Waals surface area (Å²) < 4.78 is 109. The van der Waals surface area contributed by atoms with Crippen LogP contribution in [-0.4, -0.2) is 26.3 Å². The number of hydrogen-bond acceptors (Lipinski definition) is 5. The summed E-state index contributed by atoms with van der Waals surface area (Å²) in [5, 5.41) is 0. The molecule has 2 aliphatic heterocycles. The molecule has 0 fully saturated rings. The van der Waals surface area contributed by atoms with Crippen molar-refractivity contribution in [3.05, 3.63) is 47.5 Å². The Hall–Kier alpha value is -2.82. The lowest BCUT2D eigenvalue weighted by atomic mass is 10.1. The van der Waals surface area contributed by atoms with Gasteiger partial charge in [-0.3, -0.25) is 0 Å². The molecule has 2 aromatic rings. The van der Waals surface area contributed by atoms with Gasteiger partial charge >= 0.3 is 11.8 Å². The zero-order chi connectivity index (χ0) is 20.8. The van der Waals surface area contributed by atoms with Gasteiger partial charge in [0.2, 0.25) is 13.6 Å². The third-order valence-electron chi connectivity index (χ3n) is 4.32. The minimum absolute atomic E-state index is 0.0862. The van der Waals surface area contributed by atoms with Crippen molar-refractivity contribution in [2.24, 2.45) is 0 Å². The molecule has 0 N–H and O–H groups in total. The van der Waals surface area contributed by atoms with Crippen LogP contribution in [-0.2, 0) is 16.6 Å². The molecule has 0 bridgehead atoms. The van der Waals surface area contributed by atoms with E-state index in [2.05, 4.69) is 4.74 Å². The molecule has 0 saturated carbocycles. The van der Waals surface area contributed by atoms with E-state index in [4.69, 9.17) is 18.9 Å². The molecule has 2 aliphatic rings. The fourth-order valence-corrected chi connectivity index (χ4v) is 2.75. The molecule has 2 atom stereocenters. The van der Waals surface area contributed by atoms with Gasteiger partial charge in [-0.2, -0.15) is 17.6 Å². The molecule has 0 aromatic heterocycles. The normalized spacial score (nSPS) is 17.3. The van der Waals surface area contributed by atoms with Crippen LogP contribution < -0.4 is 18.9 Å². The summed E-state index contributed by atoms with van der Waals surface area (Å²) in [5.41, 5.74) is -1.90. The van der Waals surface area contributed by atoms with Gasteiger partial charge < -0.3 is 23.7 Å². The van der Waals surface area contributed by atoms with Crippen molar-refractivity contribution in [3.63, 3.8) is 0 Å². The van der Waals surface area contributed by atoms with Crippen molar-refractivity contribution in [1.82, 2.24) is 0 Å². The largest absolute Gasteiger partial charge is 0.454 e. The molecule has 4 rings (SSSR count). The van der Waals surface area contributed by atoms with Crippen molar-refractivity contribution in [2.45, 2.75) is 24.6 Å². The smallest absolute Gasteiger partial charge is 0.328 e. The summed E-state index contributed by atoms with van der Waals surface area (Å²) in [5.74, 6) is -8.74. The summed E-state index contributed by atoms with van der Waals surface area (Å²) in [6.45, 7) is -0.428. The lowest BCUT2D eigenvalue weighted by Gasteiger charge is -2.26. The van der Waals surface area contributed by atoms with Gasteiger partial charge in [0.15, 0.2) is 23.0 Å². The zero-order valence-corrected chi connectivity index (χ0v) is 14.3. The third-order valence-corrected chi connectivity index (χ3v) is 4.32. The van der Waals surface area contributed by atoms with Crippen LogP contribution in [0.3, 0.4) is 0 Å². The molecule has 0 amide bonds. The molecule has 11 heteroatoms. The maximum Gasteiger partial charge on any atom is 0.328 e. The van der Waals surface area contributed by atoms with Crippen LogP contribution in [0.15, 0.2) is 36.4 Å². The van der Waals surface area contributed by atoms with Gasteiger partial charge in [-0.25, -0.2) is 8.78 Å². The lowest BCUT2D eigenvalue weighted by Crippen LogP contribution is -2.38. The first-order chi connectivity index (χ1) is 13.7. The van der Waals surface area contributed by atoms with Gasteiger partial charge in [-0.05, 0) is 36.4 Å². The van der Waals surface area contributed by atoms with E-state index in [-0.39, 0.29) is 36.6 Å². The Bertz CT molecular complexity index is 848. The van der Waals surface area contributed by atoms with E-state index in [1.54, 1.807) is 0 Å². The highest BCUT2D eigenvalue weighted by Crippen LogP contribution is 2.44. The first-order valence-corrected chi connectivity index (χ1v) is 8.19. The Labute approximate surface area is 159 Å². The van der Waals surface area contributed by atoms with Crippen LogP contribution in [0.4, 0.5) is 26.3 Å². The summed E-state index contributed by atoms with van der Waals surface area (Å²) in [6.07, 6.45) is -7.39. The Kier molecular flexibility index (Phi) is 4.64. The van der Waals surface area contributed by atoms with Crippen molar-refractivity contribution in [3.8, 4) is 23.0 Å². The van der Waals surface area contributed by atoms with Crippen molar-refractivity contribution >= 4 is 0 Å². The fraction of sp³-hybridized carbons (Fsp3) is 0.333. The van der Waals surface area contributed by atoms with Crippen LogP contribution in [0.1, 0.15) is 11.1 Å². The number of hydrogen-bond donors (Lipinski definition) is 0. The maximum absolute atomic E-state index is 14.3. The van der Waals surface area contributed by atoms with Crippen LogP contribution in [0.25, 0.3) is 0 Å². The Morgan fingerprint density at radius 1 is 0.655 bits per heavy atom. The predicted molar refractivity (Wildman–Crippen MR) is 83.8 cm³/mol. The molecule has 0 radical (unpaired) electrons. The monoisotopic (exact) mass is 422 g/mol.